The third kappa shape index (κ3) is 3.26. The first-order chi connectivity index (χ1) is 9.90. The second-order valence-corrected chi connectivity index (χ2v) is 6.19. The summed E-state index contributed by atoms with van der Waals surface area (Å²) in [5, 5.41) is 10.2. The number of aromatic hydroxyl groups is 1. The van der Waals surface area contributed by atoms with Crippen molar-refractivity contribution in [2.75, 3.05) is 13.1 Å². The number of nitrogens with zero attached hydrogens (tertiary/aromatic N) is 1. The molecule has 21 heavy (non-hydrogen) atoms. The number of Topliss-reactive ketones (excluding diaryl/α,β-unsaturated/α-hetero) is 1. The fourth-order valence-electron chi connectivity index (χ4n) is 3.28. The molecule has 1 aliphatic heterocycles. The number of ketones is 1. The van der Waals surface area contributed by atoms with Crippen LogP contribution in [-0.4, -0.2) is 28.9 Å². The molecular formula is C17H24FNO2. The second kappa shape index (κ2) is 6.14. The van der Waals surface area contributed by atoms with Crippen LogP contribution in [0.15, 0.2) is 12.1 Å². The Bertz CT molecular complexity index is 538. The van der Waals surface area contributed by atoms with Gasteiger partial charge < -0.3 is 5.11 Å². The van der Waals surface area contributed by atoms with Crippen molar-refractivity contribution in [1.29, 1.82) is 0 Å². The maximum Gasteiger partial charge on any atom is 0.163 e. The Balaban J connectivity index is 2.20. The van der Waals surface area contributed by atoms with Crippen LogP contribution in [0.5, 0.6) is 5.75 Å². The molecule has 0 spiro atoms. The van der Waals surface area contributed by atoms with E-state index >= 15 is 0 Å². The molecule has 0 radical (unpaired) electrons. The highest BCUT2D eigenvalue weighted by Gasteiger charge is 2.35. The Morgan fingerprint density at radius 1 is 1.38 bits per heavy atom. The summed E-state index contributed by atoms with van der Waals surface area (Å²) in [4.78, 5) is 13.7. The lowest BCUT2D eigenvalue weighted by atomic mass is 9.82. The lowest BCUT2D eigenvalue weighted by molar-refractivity contribution is 0.101. The van der Waals surface area contributed by atoms with E-state index in [1.165, 1.54) is 13.0 Å². The number of phenols is 1. The summed E-state index contributed by atoms with van der Waals surface area (Å²) in [7, 11) is 0. The number of benzene rings is 1. The van der Waals surface area contributed by atoms with Gasteiger partial charge in [-0.05, 0) is 50.3 Å². The molecule has 0 bridgehead atoms. The van der Waals surface area contributed by atoms with E-state index in [-0.39, 0.29) is 17.1 Å². The molecule has 0 aromatic heterocycles. The number of rotatable bonds is 5. The van der Waals surface area contributed by atoms with Crippen molar-refractivity contribution in [2.24, 2.45) is 5.41 Å². The maximum atomic E-state index is 13.6. The van der Waals surface area contributed by atoms with Crippen molar-refractivity contribution in [2.45, 2.75) is 46.6 Å². The zero-order chi connectivity index (χ0) is 15.6. The van der Waals surface area contributed by atoms with E-state index in [1.807, 2.05) is 0 Å². The van der Waals surface area contributed by atoms with Gasteiger partial charge in [0.2, 0.25) is 0 Å². The molecule has 4 heteroatoms. The first-order valence-corrected chi connectivity index (χ1v) is 7.65. The van der Waals surface area contributed by atoms with Gasteiger partial charge in [-0.3, -0.25) is 9.69 Å². The van der Waals surface area contributed by atoms with Gasteiger partial charge in [0, 0.05) is 18.7 Å². The van der Waals surface area contributed by atoms with Crippen LogP contribution in [0.1, 0.15) is 56.0 Å². The van der Waals surface area contributed by atoms with Gasteiger partial charge in [0.1, 0.15) is 11.6 Å². The van der Waals surface area contributed by atoms with E-state index in [9.17, 15) is 14.3 Å². The molecule has 2 rings (SSSR count). The van der Waals surface area contributed by atoms with Crippen molar-refractivity contribution < 1.29 is 14.3 Å². The highest BCUT2D eigenvalue weighted by atomic mass is 19.1. The molecule has 1 fully saturated rings. The van der Waals surface area contributed by atoms with Crippen molar-refractivity contribution in [3.05, 3.63) is 29.1 Å². The van der Waals surface area contributed by atoms with E-state index in [4.69, 9.17) is 0 Å². The van der Waals surface area contributed by atoms with Crippen LogP contribution in [0.4, 0.5) is 4.39 Å². The first kappa shape index (κ1) is 16.0. The van der Waals surface area contributed by atoms with Crippen LogP contribution in [0.25, 0.3) is 0 Å². The molecule has 0 unspecified atom stereocenters. The summed E-state index contributed by atoms with van der Waals surface area (Å²) in [5.41, 5.74) is 0.913. The van der Waals surface area contributed by atoms with E-state index in [2.05, 4.69) is 18.7 Å². The van der Waals surface area contributed by atoms with Crippen molar-refractivity contribution in [1.82, 2.24) is 4.90 Å². The largest absolute Gasteiger partial charge is 0.507 e. The van der Waals surface area contributed by atoms with Gasteiger partial charge in [0.25, 0.3) is 0 Å². The zero-order valence-electron chi connectivity index (χ0n) is 13.1. The number of likely N-dealkylation sites (tertiary alicyclic amines) is 1. The maximum absolute atomic E-state index is 13.6. The van der Waals surface area contributed by atoms with Gasteiger partial charge in [0.05, 0.1) is 5.56 Å². The minimum absolute atomic E-state index is 0.0708. The highest BCUT2D eigenvalue weighted by molar-refractivity contribution is 5.97. The Morgan fingerprint density at radius 3 is 2.57 bits per heavy atom. The molecule has 1 aromatic rings. The van der Waals surface area contributed by atoms with Crippen LogP contribution in [-0.2, 0) is 6.54 Å². The van der Waals surface area contributed by atoms with Gasteiger partial charge in [-0.2, -0.15) is 0 Å². The number of hydrogen-bond donors (Lipinski definition) is 1. The van der Waals surface area contributed by atoms with Gasteiger partial charge in [0.15, 0.2) is 5.78 Å². The van der Waals surface area contributed by atoms with Gasteiger partial charge in [-0.25, -0.2) is 4.39 Å². The molecular weight excluding hydrogens is 269 g/mol. The summed E-state index contributed by atoms with van der Waals surface area (Å²) in [5.74, 6) is -0.857. The molecule has 0 atom stereocenters. The molecule has 116 valence electrons. The third-order valence-electron chi connectivity index (χ3n) is 4.94. The normalized spacial score (nSPS) is 18.1. The summed E-state index contributed by atoms with van der Waals surface area (Å²) >= 11 is 0. The fraction of sp³-hybridized carbons (Fsp3) is 0.588. The quantitative estimate of drug-likeness (QED) is 0.841. The molecule has 1 saturated heterocycles. The third-order valence-corrected chi connectivity index (χ3v) is 4.94. The van der Waals surface area contributed by atoms with Crippen molar-refractivity contribution in [3.8, 4) is 5.75 Å². The predicted octanol–water partition coefficient (Wildman–Crippen LogP) is 3.75. The minimum atomic E-state index is -0.468. The van der Waals surface area contributed by atoms with Crippen molar-refractivity contribution in [3.63, 3.8) is 0 Å². The Kier molecular flexibility index (Phi) is 4.67. The minimum Gasteiger partial charge on any atom is -0.507 e. The van der Waals surface area contributed by atoms with E-state index in [0.29, 0.717) is 17.5 Å². The summed E-state index contributed by atoms with van der Waals surface area (Å²) in [6.07, 6.45) is 3.40. The highest BCUT2D eigenvalue weighted by Crippen LogP contribution is 2.38. The van der Waals surface area contributed by atoms with Crippen LogP contribution >= 0.6 is 0 Å². The fourth-order valence-corrected chi connectivity index (χ4v) is 3.28. The number of carbonyl (C=O) groups is 1. The number of halogens is 1. The molecule has 0 aliphatic carbocycles. The number of hydrogen-bond acceptors (Lipinski definition) is 3. The summed E-state index contributed by atoms with van der Waals surface area (Å²) in [6, 6.07) is 2.44. The van der Waals surface area contributed by atoms with Crippen LogP contribution in [0.3, 0.4) is 0 Å². The second-order valence-electron chi connectivity index (χ2n) is 6.19. The molecule has 0 saturated carbocycles. The van der Waals surface area contributed by atoms with Crippen LogP contribution in [0.2, 0.25) is 0 Å². The standard InChI is InChI=1S/C17H24FNO2/c1-4-17(5-2)6-7-19(11-17)10-13-8-14(18)9-15(12(3)20)16(13)21/h8-9,21H,4-7,10-11H2,1-3H3. The van der Waals surface area contributed by atoms with E-state index in [1.54, 1.807) is 0 Å². The van der Waals surface area contributed by atoms with Crippen LogP contribution < -0.4 is 0 Å². The molecule has 1 N–H and O–H groups in total. The summed E-state index contributed by atoms with van der Waals surface area (Å²) in [6.45, 7) is 8.17. The molecule has 1 aromatic carbocycles. The Labute approximate surface area is 125 Å². The van der Waals surface area contributed by atoms with Gasteiger partial charge in [-0.15, -0.1) is 0 Å². The van der Waals surface area contributed by atoms with E-state index in [0.717, 1.165) is 38.4 Å². The lowest BCUT2D eigenvalue weighted by Crippen LogP contribution is -2.26. The molecule has 0 amide bonds. The lowest BCUT2D eigenvalue weighted by Gasteiger charge is -2.26. The molecule has 3 nitrogen and oxygen atoms in total. The SMILES string of the molecule is CCC1(CC)CCN(Cc2cc(F)cc(C(C)=O)c2O)C1. The number of phenolic OH excluding ortho intramolecular Hbond substituents is 1. The smallest absolute Gasteiger partial charge is 0.163 e. The Morgan fingerprint density at radius 2 is 2.05 bits per heavy atom. The van der Waals surface area contributed by atoms with Crippen molar-refractivity contribution >= 4 is 5.78 Å². The monoisotopic (exact) mass is 293 g/mol. The van der Waals surface area contributed by atoms with Gasteiger partial charge >= 0.3 is 0 Å². The summed E-state index contributed by atoms with van der Waals surface area (Å²) < 4.78 is 13.6. The topological polar surface area (TPSA) is 40.5 Å². The first-order valence-electron chi connectivity index (χ1n) is 7.65. The molecule has 1 heterocycles. The zero-order valence-corrected chi connectivity index (χ0v) is 13.1. The molecule has 1 aliphatic rings. The average molecular weight is 293 g/mol. The average Bonchev–Trinajstić information content (AvgIpc) is 2.86. The predicted molar refractivity (Wildman–Crippen MR) is 81.0 cm³/mol. The van der Waals surface area contributed by atoms with Crippen LogP contribution in [0, 0.1) is 11.2 Å². The number of carbonyl (C=O) groups excluding carboxylic acids is 1. The van der Waals surface area contributed by atoms with Gasteiger partial charge in [-0.1, -0.05) is 13.8 Å². The Hall–Kier alpha value is -1.42. The van der Waals surface area contributed by atoms with E-state index < -0.39 is 5.82 Å².